The second-order valence-electron chi connectivity index (χ2n) is 9.26. The number of nitrogens with zero attached hydrogens (tertiary/aromatic N) is 2. The van der Waals surface area contributed by atoms with Crippen molar-refractivity contribution >= 4 is 43.5 Å². The maximum absolute atomic E-state index is 13.9. The molecule has 0 unspecified atom stereocenters. The van der Waals surface area contributed by atoms with E-state index in [0.29, 0.717) is 0 Å². The van der Waals surface area contributed by atoms with Crippen LogP contribution in [-0.2, 0) is 32.6 Å². The summed E-state index contributed by atoms with van der Waals surface area (Å²) in [5.41, 5.74) is 1.77. The van der Waals surface area contributed by atoms with Gasteiger partial charge in [0.2, 0.25) is 21.8 Å². The Morgan fingerprint density at radius 2 is 1.53 bits per heavy atom. The number of halogens is 2. The van der Waals surface area contributed by atoms with Crippen molar-refractivity contribution in [3.05, 3.63) is 100 Å². The standard InChI is InChI=1S/C28H31BrFN3O4S/c1-20(2)31-28(35)26(17-21-7-5-4-6-8-21)32(18-22-9-11-23(29)12-10-22)27(34)19-33(38(3,36)37)25-15-13-24(30)14-16-25/h4-16,20,26H,17-19H2,1-3H3,(H,31,35)/t26-/m0/s1. The molecule has 7 nitrogen and oxygen atoms in total. The highest BCUT2D eigenvalue weighted by molar-refractivity contribution is 9.10. The van der Waals surface area contributed by atoms with Gasteiger partial charge >= 0.3 is 0 Å². The zero-order valence-corrected chi connectivity index (χ0v) is 23.9. The minimum atomic E-state index is -3.91. The highest BCUT2D eigenvalue weighted by Crippen LogP contribution is 2.21. The molecule has 0 aromatic heterocycles. The van der Waals surface area contributed by atoms with Gasteiger partial charge in [0.25, 0.3) is 0 Å². The summed E-state index contributed by atoms with van der Waals surface area (Å²) in [4.78, 5) is 28.8. The first kappa shape index (κ1) is 29.3. The molecule has 0 bridgehead atoms. The molecule has 1 atom stereocenters. The van der Waals surface area contributed by atoms with Crippen LogP contribution < -0.4 is 9.62 Å². The third kappa shape index (κ3) is 8.39. The summed E-state index contributed by atoms with van der Waals surface area (Å²) >= 11 is 3.40. The normalized spacial score (nSPS) is 12.2. The molecule has 0 aliphatic rings. The summed E-state index contributed by atoms with van der Waals surface area (Å²) in [6.45, 7) is 3.19. The quantitative estimate of drug-likeness (QED) is 0.349. The number of carbonyl (C=O) groups excluding carboxylic acids is 2. The number of anilines is 1. The van der Waals surface area contributed by atoms with Crippen molar-refractivity contribution in [2.75, 3.05) is 17.1 Å². The summed E-state index contributed by atoms with van der Waals surface area (Å²) in [6.07, 6.45) is 1.21. The smallest absolute Gasteiger partial charge is 0.244 e. The van der Waals surface area contributed by atoms with E-state index in [1.54, 1.807) is 0 Å². The van der Waals surface area contributed by atoms with E-state index in [1.165, 1.54) is 17.0 Å². The molecule has 0 spiro atoms. The molecule has 3 aromatic carbocycles. The lowest BCUT2D eigenvalue weighted by Gasteiger charge is -2.34. The molecule has 0 aliphatic carbocycles. The van der Waals surface area contributed by atoms with Crippen LogP contribution in [0.25, 0.3) is 0 Å². The van der Waals surface area contributed by atoms with Crippen molar-refractivity contribution in [1.29, 1.82) is 0 Å². The van der Waals surface area contributed by atoms with Crippen LogP contribution in [0.3, 0.4) is 0 Å². The van der Waals surface area contributed by atoms with Gasteiger partial charge in [-0.2, -0.15) is 0 Å². The number of rotatable bonds is 11. The van der Waals surface area contributed by atoms with Crippen LogP contribution in [0.5, 0.6) is 0 Å². The first-order valence-electron chi connectivity index (χ1n) is 12.1. The number of hydrogen-bond donors (Lipinski definition) is 1. The van der Waals surface area contributed by atoms with Crippen LogP contribution in [0, 0.1) is 5.82 Å². The van der Waals surface area contributed by atoms with Gasteiger partial charge in [0.15, 0.2) is 0 Å². The van der Waals surface area contributed by atoms with Crippen LogP contribution in [0.2, 0.25) is 0 Å². The van der Waals surface area contributed by atoms with Crippen molar-refractivity contribution in [3.8, 4) is 0 Å². The lowest BCUT2D eigenvalue weighted by Crippen LogP contribution is -2.54. The molecule has 0 saturated heterocycles. The van der Waals surface area contributed by atoms with Gasteiger partial charge in [-0.1, -0.05) is 58.4 Å². The third-order valence-electron chi connectivity index (χ3n) is 5.76. The Balaban J connectivity index is 2.04. The van der Waals surface area contributed by atoms with E-state index < -0.39 is 34.3 Å². The predicted octanol–water partition coefficient (Wildman–Crippen LogP) is 4.52. The average Bonchev–Trinajstić information content (AvgIpc) is 2.86. The van der Waals surface area contributed by atoms with Crippen molar-refractivity contribution in [3.63, 3.8) is 0 Å². The van der Waals surface area contributed by atoms with Gasteiger partial charge in [-0.3, -0.25) is 13.9 Å². The fraction of sp³-hybridized carbons (Fsp3) is 0.286. The molecule has 202 valence electrons. The first-order chi connectivity index (χ1) is 17.9. The van der Waals surface area contributed by atoms with Crippen molar-refractivity contribution < 1.29 is 22.4 Å². The van der Waals surface area contributed by atoms with E-state index in [1.807, 2.05) is 68.4 Å². The molecule has 3 rings (SSSR count). The Morgan fingerprint density at radius 3 is 2.08 bits per heavy atom. The molecule has 0 heterocycles. The Bertz CT molecular complexity index is 1330. The van der Waals surface area contributed by atoms with Crippen LogP contribution in [0.4, 0.5) is 10.1 Å². The zero-order chi connectivity index (χ0) is 27.9. The van der Waals surface area contributed by atoms with E-state index in [-0.39, 0.29) is 30.6 Å². The van der Waals surface area contributed by atoms with Crippen LogP contribution >= 0.6 is 15.9 Å². The fourth-order valence-electron chi connectivity index (χ4n) is 3.94. The Kier molecular flexibility index (Phi) is 10.0. The molecule has 0 aliphatic heterocycles. The Hall–Kier alpha value is -3.24. The van der Waals surface area contributed by atoms with Gasteiger partial charge in [0, 0.05) is 23.5 Å². The molecular weight excluding hydrogens is 573 g/mol. The van der Waals surface area contributed by atoms with Crippen LogP contribution in [0.15, 0.2) is 83.3 Å². The zero-order valence-electron chi connectivity index (χ0n) is 21.5. The van der Waals surface area contributed by atoms with E-state index in [9.17, 15) is 22.4 Å². The van der Waals surface area contributed by atoms with Gasteiger partial charge in [-0.05, 0) is 61.4 Å². The van der Waals surface area contributed by atoms with Gasteiger partial charge in [-0.25, -0.2) is 12.8 Å². The maximum atomic E-state index is 13.9. The highest BCUT2D eigenvalue weighted by Gasteiger charge is 2.33. The molecule has 0 saturated carbocycles. The summed E-state index contributed by atoms with van der Waals surface area (Å²) < 4.78 is 40.7. The molecule has 38 heavy (non-hydrogen) atoms. The number of amides is 2. The number of carbonyl (C=O) groups is 2. The monoisotopic (exact) mass is 603 g/mol. The Labute approximate surface area is 231 Å². The summed E-state index contributed by atoms with van der Waals surface area (Å²) in [5, 5.41) is 2.90. The molecule has 1 N–H and O–H groups in total. The number of nitrogens with one attached hydrogen (secondary N) is 1. The molecular formula is C28H31BrFN3O4S. The minimum absolute atomic E-state index is 0.0795. The van der Waals surface area contributed by atoms with Crippen molar-refractivity contribution in [1.82, 2.24) is 10.2 Å². The number of sulfonamides is 1. The van der Waals surface area contributed by atoms with Crippen molar-refractivity contribution in [2.45, 2.75) is 38.9 Å². The fourth-order valence-corrected chi connectivity index (χ4v) is 5.06. The van der Waals surface area contributed by atoms with Crippen LogP contribution in [-0.4, -0.2) is 50.0 Å². The summed E-state index contributed by atoms with van der Waals surface area (Å²) in [5.74, 6) is -1.44. The minimum Gasteiger partial charge on any atom is -0.352 e. The first-order valence-corrected chi connectivity index (χ1v) is 14.7. The highest BCUT2D eigenvalue weighted by atomic mass is 79.9. The van der Waals surface area contributed by atoms with E-state index >= 15 is 0 Å². The lowest BCUT2D eigenvalue weighted by atomic mass is 10.0. The average molecular weight is 605 g/mol. The second-order valence-corrected chi connectivity index (χ2v) is 12.1. The van der Waals surface area contributed by atoms with E-state index in [0.717, 1.165) is 38.3 Å². The maximum Gasteiger partial charge on any atom is 0.244 e. The third-order valence-corrected chi connectivity index (χ3v) is 7.43. The van der Waals surface area contributed by atoms with Gasteiger partial charge in [0.05, 0.1) is 11.9 Å². The number of benzene rings is 3. The topological polar surface area (TPSA) is 86.8 Å². The van der Waals surface area contributed by atoms with E-state index in [2.05, 4.69) is 21.2 Å². The predicted molar refractivity (Wildman–Crippen MR) is 150 cm³/mol. The summed E-state index contributed by atoms with van der Waals surface area (Å²) in [6, 6.07) is 20.4. The van der Waals surface area contributed by atoms with Crippen molar-refractivity contribution in [2.24, 2.45) is 0 Å². The van der Waals surface area contributed by atoms with E-state index in [4.69, 9.17) is 0 Å². The van der Waals surface area contributed by atoms with Gasteiger partial charge in [-0.15, -0.1) is 0 Å². The molecule has 2 amide bonds. The molecule has 3 aromatic rings. The number of hydrogen-bond acceptors (Lipinski definition) is 4. The van der Waals surface area contributed by atoms with Gasteiger partial charge < -0.3 is 10.2 Å². The summed E-state index contributed by atoms with van der Waals surface area (Å²) in [7, 11) is -3.91. The molecule has 0 radical (unpaired) electrons. The molecule has 0 fully saturated rings. The van der Waals surface area contributed by atoms with Crippen LogP contribution in [0.1, 0.15) is 25.0 Å². The molecule has 10 heteroatoms. The SMILES string of the molecule is CC(C)NC(=O)[C@H](Cc1ccccc1)N(Cc1ccc(Br)cc1)C(=O)CN(c1ccc(F)cc1)S(C)(=O)=O. The largest absolute Gasteiger partial charge is 0.352 e. The van der Waals surface area contributed by atoms with Gasteiger partial charge in [0.1, 0.15) is 18.4 Å². The second kappa shape index (κ2) is 13.0. The lowest BCUT2D eigenvalue weighted by molar-refractivity contribution is -0.140. The Morgan fingerprint density at radius 1 is 0.921 bits per heavy atom.